The Morgan fingerprint density at radius 2 is 1.88 bits per heavy atom. The topological polar surface area (TPSA) is 104 Å². The van der Waals surface area contributed by atoms with E-state index in [-0.39, 0.29) is 11.5 Å². The van der Waals surface area contributed by atoms with E-state index in [0.717, 1.165) is 0 Å². The van der Waals surface area contributed by atoms with Crippen LogP contribution in [0.5, 0.6) is 11.5 Å². The van der Waals surface area contributed by atoms with Gasteiger partial charge in [-0.2, -0.15) is 4.68 Å². The van der Waals surface area contributed by atoms with Crippen LogP contribution in [0.3, 0.4) is 0 Å². The fourth-order valence-electron chi connectivity index (χ4n) is 2.31. The fraction of sp³-hybridized carbons (Fsp3) is 0.118. The minimum atomic E-state index is -0.556. The quantitative estimate of drug-likeness (QED) is 0.726. The molecule has 0 aliphatic rings. The number of aromatic nitrogens is 3. The Morgan fingerprint density at radius 3 is 2.54 bits per heavy atom. The molecular weight excluding hydrogens is 341 g/mol. The van der Waals surface area contributed by atoms with Gasteiger partial charge in [-0.1, -0.05) is 5.21 Å². The fourth-order valence-corrected chi connectivity index (χ4v) is 2.31. The van der Waals surface area contributed by atoms with Crippen molar-refractivity contribution in [3.05, 3.63) is 54.0 Å². The van der Waals surface area contributed by atoms with E-state index in [1.807, 2.05) is 0 Å². The van der Waals surface area contributed by atoms with E-state index in [1.165, 1.54) is 43.2 Å². The van der Waals surface area contributed by atoms with Gasteiger partial charge in [0.2, 0.25) is 0 Å². The molecule has 1 heterocycles. The van der Waals surface area contributed by atoms with Crippen LogP contribution in [-0.4, -0.2) is 35.1 Å². The number of nitrogen functional groups attached to an aromatic ring is 1. The van der Waals surface area contributed by atoms with Gasteiger partial charge in [-0.05, 0) is 36.4 Å². The predicted octanol–water partition coefficient (Wildman–Crippen LogP) is 2.26. The van der Waals surface area contributed by atoms with Gasteiger partial charge >= 0.3 is 0 Å². The SMILES string of the molecule is COc1ccc(NC(=O)c2nnn(-c3ccc(F)cc3)c2N)c(OC)c1. The predicted molar refractivity (Wildman–Crippen MR) is 93.2 cm³/mol. The van der Waals surface area contributed by atoms with Gasteiger partial charge in [-0.25, -0.2) is 4.39 Å². The lowest BCUT2D eigenvalue weighted by molar-refractivity contribution is 0.102. The highest BCUT2D eigenvalue weighted by Crippen LogP contribution is 2.29. The lowest BCUT2D eigenvalue weighted by atomic mass is 10.2. The number of hydrogen-bond acceptors (Lipinski definition) is 6. The number of ether oxygens (including phenoxy) is 2. The summed E-state index contributed by atoms with van der Waals surface area (Å²) in [6.07, 6.45) is 0. The number of benzene rings is 2. The summed E-state index contributed by atoms with van der Waals surface area (Å²) in [5, 5.41) is 10.3. The van der Waals surface area contributed by atoms with E-state index in [4.69, 9.17) is 15.2 Å². The van der Waals surface area contributed by atoms with Gasteiger partial charge in [0.1, 0.15) is 17.3 Å². The monoisotopic (exact) mass is 357 g/mol. The van der Waals surface area contributed by atoms with Crippen molar-refractivity contribution < 1.29 is 18.7 Å². The molecule has 0 atom stereocenters. The van der Waals surface area contributed by atoms with E-state index < -0.39 is 11.7 Å². The van der Waals surface area contributed by atoms with E-state index in [0.29, 0.717) is 22.9 Å². The van der Waals surface area contributed by atoms with Gasteiger partial charge in [-0.3, -0.25) is 4.79 Å². The van der Waals surface area contributed by atoms with Crippen LogP contribution in [-0.2, 0) is 0 Å². The molecule has 1 amide bonds. The third-order valence-electron chi connectivity index (χ3n) is 3.65. The number of hydrogen-bond donors (Lipinski definition) is 2. The van der Waals surface area contributed by atoms with Crippen molar-refractivity contribution in [1.82, 2.24) is 15.0 Å². The normalized spacial score (nSPS) is 10.4. The molecule has 0 aliphatic heterocycles. The van der Waals surface area contributed by atoms with Crippen molar-refractivity contribution in [3.63, 3.8) is 0 Å². The highest BCUT2D eigenvalue weighted by molar-refractivity contribution is 6.06. The molecule has 3 rings (SSSR count). The highest BCUT2D eigenvalue weighted by Gasteiger charge is 2.20. The van der Waals surface area contributed by atoms with Crippen LogP contribution >= 0.6 is 0 Å². The van der Waals surface area contributed by atoms with Crippen LogP contribution in [0, 0.1) is 5.82 Å². The summed E-state index contributed by atoms with van der Waals surface area (Å²) in [4.78, 5) is 12.5. The molecule has 9 heteroatoms. The van der Waals surface area contributed by atoms with Gasteiger partial charge < -0.3 is 20.5 Å². The number of anilines is 2. The van der Waals surface area contributed by atoms with Gasteiger partial charge in [0.05, 0.1) is 25.6 Å². The van der Waals surface area contributed by atoms with Crippen LogP contribution in [0.4, 0.5) is 15.9 Å². The van der Waals surface area contributed by atoms with Crippen molar-refractivity contribution in [2.24, 2.45) is 0 Å². The van der Waals surface area contributed by atoms with Gasteiger partial charge in [-0.15, -0.1) is 5.10 Å². The van der Waals surface area contributed by atoms with Crippen molar-refractivity contribution in [3.8, 4) is 17.2 Å². The first kappa shape index (κ1) is 17.2. The Bertz CT molecular complexity index is 940. The van der Waals surface area contributed by atoms with Crippen LogP contribution in [0.2, 0.25) is 0 Å². The van der Waals surface area contributed by atoms with E-state index in [2.05, 4.69) is 15.6 Å². The third-order valence-corrected chi connectivity index (χ3v) is 3.65. The first-order valence-electron chi connectivity index (χ1n) is 7.54. The molecule has 0 radical (unpaired) electrons. The molecule has 1 aromatic heterocycles. The average Bonchev–Trinajstić information content (AvgIpc) is 3.04. The van der Waals surface area contributed by atoms with Gasteiger partial charge in [0.25, 0.3) is 5.91 Å². The van der Waals surface area contributed by atoms with Gasteiger partial charge in [0, 0.05) is 6.07 Å². The number of nitrogens with one attached hydrogen (secondary N) is 1. The lowest BCUT2D eigenvalue weighted by Crippen LogP contribution is -2.15. The van der Waals surface area contributed by atoms with Crippen LogP contribution in [0.25, 0.3) is 5.69 Å². The van der Waals surface area contributed by atoms with Crippen molar-refractivity contribution >= 4 is 17.4 Å². The zero-order valence-corrected chi connectivity index (χ0v) is 14.1. The number of methoxy groups -OCH3 is 2. The van der Waals surface area contributed by atoms with Gasteiger partial charge in [0.15, 0.2) is 11.5 Å². The summed E-state index contributed by atoms with van der Waals surface area (Å²) in [6.45, 7) is 0. The van der Waals surface area contributed by atoms with Crippen LogP contribution in [0.15, 0.2) is 42.5 Å². The molecule has 26 heavy (non-hydrogen) atoms. The Kier molecular flexibility index (Phi) is 4.70. The van der Waals surface area contributed by atoms with E-state index >= 15 is 0 Å². The van der Waals surface area contributed by atoms with E-state index in [9.17, 15) is 9.18 Å². The first-order chi connectivity index (χ1) is 12.5. The molecule has 0 saturated heterocycles. The number of nitrogens with two attached hydrogens (primary N) is 1. The van der Waals surface area contributed by atoms with E-state index in [1.54, 1.807) is 18.2 Å². The highest BCUT2D eigenvalue weighted by atomic mass is 19.1. The molecule has 0 saturated carbocycles. The zero-order chi connectivity index (χ0) is 18.7. The molecule has 3 N–H and O–H groups in total. The average molecular weight is 357 g/mol. The molecule has 0 fully saturated rings. The van der Waals surface area contributed by atoms with Crippen LogP contribution in [0.1, 0.15) is 10.5 Å². The second-order valence-corrected chi connectivity index (χ2v) is 5.23. The molecular formula is C17H16FN5O3. The summed E-state index contributed by atoms with van der Waals surface area (Å²) < 4.78 is 24.6. The second kappa shape index (κ2) is 7.09. The molecule has 3 aromatic rings. The molecule has 0 unspecified atom stereocenters. The van der Waals surface area contributed by atoms with Crippen molar-refractivity contribution in [2.75, 3.05) is 25.3 Å². The molecule has 0 aliphatic carbocycles. The summed E-state index contributed by atoms with van der Waals surface area (Å²) in [5.74, 6) is 0.0849. The smallest absolute Gasteiger partial charge is 0.280 e. The minimum absolute atomic E-state index is 0.0292. The van der Waals surface area contributed by atoms with Crippen molar-refractivity contribution in [1.29, 1.82) is 0 Å². The second-order valence-electron chi connectivity index (χ2n) is 5.23. The Morgan fingerprint density at radius 1 is 1.15 bits per heavy atom. The maximum absolute atomic E-state index is 13.0. The molecule has 8 nitrogen and oxygen atoms in total. The first-order valence-corrected chi connectivity index (χ1v) is 7.54. The lowest BCUT2D eigenvalue weighted by Gasteiger charge is -2.11. The minimum Gasteiger partial charge on any atom is -0.497 e. The number of carbonyl (C=O) groups is 1. The Balaban J connectivity index is 1.86. The third kappa shape index (κ3) is 3.27. The standard InChI is InChI=1S/C17H16FN5O3/c1-25-12-7-8-13(14(9-12)26-2)20-17(24)15-16(19)23(22-21-15)11-5-3-10(18)4-6-11/h3-9H,19H2,1-2H3,(H,20,24). The molecule has 134 valence electrons. The molecule has 0 bridgehead atoms. The van der Waals surface area contributed by atoms with Crippen molar-refractivity contribution in [2.45, 2.75) is 0 Å². The summed E-state index contributed by atoms with van der Waals surface area (Å²) in [5.41, 5.74) is 6.82. The largest absolute Gasteiger partial charge is 0.497 e. The Hall–Kier alpha value is -3.62. The number of rotatable bonds is 5. The number of nitrogens with zero attached hydrogens (tertiary/aromatic N) is 3. The summed E-state index contributed by atoms with van der Waals surface area (Å²) in [7, 11) is 3.01. The van der Waals surface area contributed by atoms with Crippen LogP contribution < -0.4 is 20.5 Å². The summed E-state index contributed by atoms with van der Waals surface area (Å²) >= 11 is 0. The number of carbonyl (C=O) groups excluding carboxylic acids is 1. The maximum atomic E-state index is 13.0. The molecule has 2 aromatic carbocycles. The zero-order valence-electron chi connectivity index (χ0n) is 14.1. The number of amides is 1. The summed E-state index contributed by atoms with van der Waals surface area (Å²) in [6, 6.07) is 10.4. The Labute approximate surface area is 148 Å². The maximum Gasteiger partial charge on any atom is 0.280 e. The molecule has 0 spiro atoms. The number of halogens is 1.